The van der Waals surface area contributed by atoms with E-state index in [1.807, 2.05) is 0 Å². The van der Waals surface area contributed by atoms with Gasteiger partial charge in [-0.2, -0.15) is 0 Å². The molecule has 0 radical (unpaired) electrons. The molecule has 0 fully saturated rings. The summed E-state index contributed by atoms with van der Waals surface area (Å²) in [6.07, 6.45) is 0. The Morgan fingerprint density at radius 3 is 0.781 bits per heavy atom. The van der Waals surface area contributed by atoms with Crippen LogP contribution in [0.1, 0.15) is 33.4 Å². The van der Waals surface area contributed by atoms with Gasteiger partial charge in [-0.25, -0.2) is 0 Å². The second-order valence-corrected chi connectivity index (χ2v) is 8.79. The Hall–Kier alpha value is -3.38. The monoisotopic (exact) mass is 418 g/mol. The van der Waals surface area contributed by atoms with Crippen LogP contribution in [0.3, 0.4) is 0 Å². The Morgan fingerprint density at radius 1 is 0.312 bits per heavy atom. The van der Waals surface area contributed by atoms with E-state index in [0.717, 1.165) is 0 Å². The summed E-state index contributed by atoms with van der Waals surface area (Å²) in [6, 6.07) is 34.6. The smallest absolute Gasteiger partial charge is 0.0181 e. The van der Waals surface area contributed by atoms with E-state index in [1.165, 1.54) is 54.9 Å². The van der Waals surface area contributed by atoms with E-state index in [2.05, 4.69) is 139 Å². The highest BCUT2D eigenvalue weighted by Gasteiger charge is 1.93. The van der Waals surface area contributed by atoms with Crippen molar-refractivity contribution in [3.05, 3.63) is 130 Å². The van der Waals surface area contributed by atoms with Crippen LogP contribution in [0, 0.1) is 41.5 Å². The Balaban J connectivity index is 0.000000139. The second-order valence-electron chi connectivity index (χ2n) is 8.79. The minimum absolute atomic E-state index is 1.33. The van der Waals surface area contributed by atoms with Crippen molar-refractivity contribution in [2.75, 3.05) is 0 Å². The summed E-state index contributed by atoms with van der Waals surface area (Å²) in [4.78, 5) is 0. The zero-order valence-corrected chi connectivity index (χ0v) is 20.2. The predicted octanol–water partition coefficient (Wildman–Crippen LogP) is 9.22. The van der Waals surface area contributed by atoms with Crippen LogP contribution in [0.5, 0.6) is 0 Å². The van der Waals surface area contributed by atoms with E-state index in [1.54, 1.807) is 0 Å². The van der Waals surface area contributed by atoms with Gasteiger partial charge in [0.1, 0.15) is 0 Å². The highest BCUT2D eigenvalue weighted by Crippen LogP contribution is 2.17. The number of aryl methyl sites for hydroxylation is 6. The molecular weight excluding hydrogens is 384 g/mol. The summed E-state index contributed by atoms with van der Waals surface area (Å²) in [5.74, 6) is 0. The number of benzene rings is 5. The Labute approximate surface area is 193 Å². The Kier molecular flexibility index (Phi) is 7.84. The van der Waals surface area contributed by atoms with E-state index in [0.29, 0.717) is 0 Å². The van der Waals surface area contributed by atoms with Crippen LogP contribution in [0.25, 0.3) is 21.5 Å². The molecule has 0 saturated heterocycles. The van der Waals surface area contributed by atoms with Gasteiger partial charge in [-0.05, 0) is 74.2 Å². The molecule has 0 spiro atoms. The number of fused-ring (bicyclic) bond motifs is 2. The first-order valence-corrected chi connectivity index (χ1v) is 11.3. The lowest BCUT2D eigenvalue weighted by atomic mass is 10.1. The summed E-state index contributed by atoms with van der Waals surface area (Å²) < 4.78 is 0. The number of hydrogen-bond acceptors (Lipinski definition) is 0. The van der Waals surface area contributed by atoms with Gasteiger partial charge in [-0.3, -0.25) is 0 Å². The average molecular weight is 419 g/mol. The second kappa shape index (κ2) is 10.8. The summed E-state index contributed by atoms with van der Waals surface area (Å²) in [5, 5.41) is 5.34. The third kappa shape index (κ3) is 6.56. The van der Waals surface area contributed by atoms with E-state index in [-0.39, 0.29) is 0 Å². The van der Waals surface area contributed by atoms with Gasteiger partial charge in [0.05, 0.1) is 0 Å². The zero-order chi connectivity index (χ0) is 23.1. The van der Waals surface area contributed by atoms with Gasteiger partial charge in [0.15, 0.2) is 0 Å². The van der Waals surface area contributed by atoms with Gasteiger partial charge < -0.3 is 0 Å². The quantitative estimate of drug-likeness (QED) is 0.235. The molecule has 0 aliphatic rings. The van der Waals surface area contributed by atoms with Gasteiger partial charge in [-0.15, -0.1) is 0 Å². The van der Waals surface area contributed by atoms with E-state index < -0.39 is 0 Å². The molecule has 0 nitrogen and oxygen atoms in total. The fraction of sp³-hybridized carbons (Fsp3) is 0.188. The molecule has 0 heteroatoms. The lowest BCUT2D eigenvalue weighted by Gasteiger charge is -1.99. The molecule has 0 N–H and O–H groups in total. The summed E-state index contributed by atoms with van der Waals surface area (Å²) in [5.41, 5.74) is 8.04. The van der Waals surface area contributed by atoms with Crippen LogP contribution in [0.15, 0.2) is 97.1 Å². The Morgan fingerprint density at radius 2 is 0.562 bits per heavy atom. The van der Waals surface area contributed by atoms with Crippen LogP contribution in [0.4, 0.5) is 0 Å². The average Bonchev–Trinajstić information content (AvgIpc) is 2.77. The van der Waals surface area contributed by atoms with Gasteiger partial charge >= 0.3 is 0 Å². The molecule has 0 amide bonds. The standard InChI is InChI=1S/2C12H12.C8H10/c2*1-9-3-5-12-8-10(2)4-6-11(12)7-9;1-7-5-3-4-6-8(7)2/h2*3-8H,1-2H3;3-6H,1-2H3. The fourth-order valence-electron chi connectivity index (χ4n) is 3.63. The van der Waals surface area contributed by atoms with Gasteiger partial charge in [0.2, 0.25) is 0 Å². The largest absolute Gasteiger partial charge is 0.0620 e. The van der Waals surface area contributed by atoms with Crippen molar-refractivity contribution >= 4 is 21.5 Å². The SMILES string of the molecule is Cc1ccc2cc(C)ccc2c1.Cc1ccc2cc(C)ccc2c1.Cc1ccccc1C. The number of hydrogen-bond donors (Lipinski definition) is 0. The molecule has 0 heterocycles. The van der Waals surface area contributed by atoms with Gasteiger partial charge in [0, 0.05) is 0 Å². The van der Waals surface area contributed by atoms with Crippen molar-refractivity contribution in [3.8, 4) is 0 Å². The Bertz CT molecular complexity index is 1140. The maximum absolute atomic E-state index is 2.22. The molecule has 0 atom stereocenters. The summed E-state index contributed by atoms with van der Waals surface area (Å²) >= 11 is 0. The minimum Gasteiger partial charge on any atom is -0.0620 e. The topological polar surface area (TPSA) is 0 Å². The molecule has 5 aromatic carbocycles. The normalized spacial score (nSPS) is 10.2. The first kappa shape index (κ1) is 23.3. The van der Waals surface area contributed by atoms with Crippen molar-refractivity contribution in [1.29, 1.82) is 0 Å². The highest BCUT2D eigenvalue weighted by molar-refractivity contribution is 5.84. The maximum Gasteiger partial charge on any atom is -0.0181 e. The predicted molar refractivity (Wildman–Crippen MR) is 143 cm³/mol. The number of rotatable bonds is 0. The van der Waals surface area contributed by atoms with E-state index in [9.17, 15) is 0 Å². The zero-order valence-electron chi connectivity index (χ0n) is 20.2. The van der Waals surface area contributed by atoms with Crippen LogP contribution in [-0.2, 0) is 0 Å². The third-order valence-corrected chi connectivity index (χ3v) is 5.73. The van der Waals surface area contributed by atoms with Crippen LogP contribution >= 0.6 is 0 Å². The van der Waals surface area contributed by atoms with Crippen molar-refractivity contribution < 1.29 is 0 Å². The molecule has 0 aliphatic carbocycles. The van der Waals surface area contributed by atoms with Crippen molar-refractivity contribution in [2.45, 2.75) is 41.5 Å². The van der Waals surface area contributed by atoms with Crippen molar-refractivity contribution in [3.63, 3.8) is 0 Å². The maximum atomic E-state index is 2.22. The third-order valence-electron chi connectivity index (χ3n) is 5.73. The van der Waals surface area contributed by atoms with Crippen LogP contribution in [-0.4, -0.2) is 0 Å². The lowest BCUT2D eigenvalue weighted by molar-refractivity contribution is 1.34. The molecule has 32 heavy (non-hydrogen) atoms. The molecule has 0 aromatic heterocycles. The molecule has 0 bridgehead atoms. The first-order chi connectivity index (χ1) is 15.3. The van der Waals surface area contributed by atoms with Gasteiger partial charge in [0.25, 0.3) is 0 Å². The van der Waals surface area contributed by atoms with Crippen LogP contribution < -0.4 is 0 Å². The van der Waals surface area contributed by atoms with E-state index in [4.69, 9.17) is 0 Å². The summed E-state index contributed by atoms with van der Waals surface area (Å²) in [6.45, 7) is 12.7. The first-order valence-electron chi connectivity index (χ1n) is 11.3. The van der Waals surface area contributed by atoms with E-state index >= 15 is 0 Å². The molecule has 5 aromatic rings. The molecule has 0 unspecified atom stereocenters. The molecule has 5 rings (SSSR count). The highest BCUT2D eigenvalue weighted by atomic mass is 14.0. The van der Waals surface area contributed by atoms with Gasteiger partial charge in [-0.1, -0.05) is 119 Å². The minimum atomic E-state index is 1.33. The van der Waals surface area contributed by atoms with Crippen LogP contribution in [0.2, 0.25) is 0 Å². The molecular formula is C32H34. The lowest BCUT2D eigenvalue weighted by Crippen LogP contribution is -1.76. The van der Waals surface area contributed by atoms with Crippen molar-refractivity contribution in [1.82, 2.24) is 0 Å². The molecule has 0 aliphatic heterocycles. The fourth-order valence-corrected chi connectivity index (χ4v) is 3.63. The molecule has 0 saturated carbocycles. The molecule has 162 valence electrons. The van der Waals surface area contributed by atoms with Crippen molar-refractivity contribution in [2.24, 2.45) is 0 Å². The summed E-state index contributed by atoms with van der Waals surface area (Å²) in [7, 11) is 0.